The third kappa shape index (κ3) is 14.6. The predicted octanol–water partition coefficient (Wildman–Crippen LogP) is 18.1. The van der Waals surface area contributed by atoms with Crippen LogP contribution >= 0.6 is 0 Å². The number of nitrogens with zero attached hydrogens (tertiary/aromatic N) is 8. The van der Waals surface area contributed by atoms with Crippen LogP contribution in [0.15, 0.2) is 152 Å². The zero-order valence-corrected chi connectivity index (χ0v) is 58.0. The van der Waals surface area contributed by atoms with Crippen molar-refractivity contribution in [2.24, 2.45) is 34.1 Å². The van der Waals surface area contributed by atoms with Crippen molar-refractivity contribution in [3.63, 3.8) is 0 Å². The third-order valence-electron chi connectivity index (χ3n) is 17.9. The number of rotatable bonds is 8. The SMILES string of the molecule is Cc1cc(C)c(C)c(-c2nc3cc(C(C)C)ccc3c[n+]2C)c1.Cc1cc(C)c(C)c(-c2nc3cc(CC(C)C)ccc3c[n+]2C)c1.Cc1cc(C)c(C)c(-c2nc3cccc(C(C)C)c3c[n+]2C)c1.Cc1cc(C)c(C)c(-c2nc3ccccc3c[n+]2C)c1. The van der Waals surface area contributed by atoms with Gasteiger partial charge in [-0.15, -0.1) is 0 Å². The summed E-state index contributed by atoms with van der Waals surface area (Å²) >= 11 is 0. The molecular formula is C82H96N8+4. The maximum atomic E-state index is 5.02. The Morgan fingerprint density at radius 3 is 1.12 bits per heavy atom. The third-order valence-corrected chi connectivity index (χ3v) is 17.9. The highest BCUT2D eigenvalue weighted by Crippen LogP contribution is 2.31. The Hall–Kier alpha value is -8.88. The zero-order valence-electron chi connectivity index (χ0n) is 58.0. The normalized spacial score (nSPS) is 11.3. The number of benzene rings is 8. The molecule has 8 nitrogen and oxygen atoms in total. The van der Waals surface area contributed by atoms with E-state index in [0.717, 1.165) is 51.8 Å². The van der Waals surface area contributed by atoms with Gasteiger partial charge in [-0.25, -0.2) is 18.3 Å². The molecule has 4 heterocycles. The van der Waals surface area contributed by atoms with Crippen molar-refractivity contribution < 1.29 is 18.3 Å². The van der Waals surface area contributed by atoms with Crippen LogP contribution in [0.3, 0.4) is 0 Å². The average molecular weight is 1190 g/mol. The van der Waals surface area contributed by atoms with Gasteiger partial charge in [-0.3, -0.25) is 0 Å². The number of fused-ring (bicyclic) bond motifs is 4. The fourth-order valence-corrected chi connectivity index (χ4v) is 12.5. The molecule has 0 aliphatic rings. The second-order valence-electron chi connectivity index (χ2n) is 26.7. The molecule has 0 N–H and O–H groups in total. The van der Waals surface area contributed by atoms with Gasteiger partial charge in [0.2, 0.25) is 0 Å². The number of para-hydroxylation sites is 1. The van der Waals surface area contributed by atoms with Crippen molar-refractivity contribution in [3.05, 3.63) is 236 Å². The molecule has 8 heteroatoms. The minimum absolute atomic E-state index is 0.495. The molecule has 0 saturated heterocycles. The van der Waals surface area contributed by atoms with Gasteiger partial charge in [0.1, 0.15) is 24.8 Å². The Bertz CT molecular complexity index is 4620. The summed E-state index contributed by atoms with van der Waals surface area (Å²) in [6, 6.07) is 45.8. The Kier molecular flexibility index (Phi) is 20.0. The summed E-state index contributed by atoms with van der Waals surface area (Å²) in [7, 11) is 8.32. The lowest BCUT2D eigenvalue weighted by atomic mass is 9.97. The number of aromatic nitrogens is 8. The summed E-state index contributed by atoms with van der Waals surface area (Å²) in [5, 5.41) is 4.79. The van der Waals surface area contributed by atoms with Crippen LogP contribution in [-0.4, -0.2) is 19.9 Å². The van der Waals surface area contributed by atoms with Crippen LogP contribution in [0.1, 0.15) is 137 Å². The summed E-state index contributed by atoms with van der Waals surface area (Å²) in [5.74, 6) is 5.78. The van der Waals surface area contributed by atoms with Gasteiger partial charge in [-0.2, -0.15) is 0 Å². The maximum Gasteiger partial charge on any atom is 0.331 e. The smallest absolute Gasteiger partial charge is 0.232 e. The van der Waals surface area contributed by atoms with Gasteiger partial charge in [0, 0.05) is 0 Å². The van der Waals surface area contributed by atoms with E-state index in [4.69, 9.17) is 19.9 Å². The molecule has 12 aromatic rings. The molecule has 12 rings (SSSR count). The maximum absolute atomic E-state index is 5.02. The van der Waals surface area contributed by atoms with Gasteiger partial charge in [0.25, 0.3) is 0 Å². The fourth-order valence-electron chi connectivity index (χ4n) is 12.5. The van der Waals surface area contributed by atoms with E-state index in [9.17, 15) is 0 Å². The van der Waals surface area contributed by atoms with Crippen LogP contribution in [0.2, 0.25) is 0 Å². The summed E-state index contributed by atoms with van der Waals surface area (Å²) in [4.78, 5) is 19.9. The summed E-state index contributed by atoms with van der Waals surface area (Å²) in [6.07, 6.45) is 9.84. The molecule has 0 atom stereocenters. The molecule has 0 spiro atoms. The summed E-state index contributed by atoms with van der Waals surface area (Å²) in [5.41, 5.74) is 28.8. The van der Waals surface area contributed by atoms with Crippen molar-refractivity contribution in [2.45, 2.75) is 143 Å². The number of hydrogen-bond acceptors (Lipinski definition) is 4. The number of hydrogen-bond donors (Lipinski definition) is 0. The van der Waals surface area contributed by atoms with Crippen LogP contribution in [0.25, 0.3) is 89.2 Å². The van der Waals surface area contributed by atoms with Gasteiger partial charge in [0.15, 0.2) is 22.1 Å². The van der Waals surface area contributed by atoms with E-state index in [1.807, 2.05) is 12.1 Å². The molecule has 0 unspecified atom stereocenters. The Morgan fingerprint density at radius 2 is 0.700 bits per heavy atom. The highest BCUT2D eigenvalue weighted by molar-refractivity contribution is 5.84. The van der Waals surface area contributed by atoms with Crippen LogP contribution in [0.5, 0.6) is 0 Å². The van der Waals surface area contributed by atoms with E-state index in [0.29, 0.717) is 17.8 Å². The first-order valence-corrected chi connectivity index (χ1v) is 32.1. The Labute approximate surface area is 537 Å². The molecule has 4 aromatic heterocycles. The van der Waals surface area contributed by atoms with E-state index >= 15 is 0 Å². The predicted molar refractivity (Wildman–Crippen MR) is 377 cm³/mol. The lowest BCUT2D eigenvalue weighted by Crippen LogP contribution is -2.32. The van der Waals surface area contributed by atoms with Gasteiger partial charge in [0.05, 0.1) is 72.0 Å². The van der Waals surface area contributed by atoms with Crippen molar-refractivity contribution in [1.29, 1.82) is 0 Å². The molecule has 90 heavy (non-hydrogen) atoms. The minimum Gasteiger partial charge on any atom is -0.232 e. The molecule has 8 aromatic carbocycles. The largest absolute Gasteiger partial charge is 0.331 e. The molecule has 0 bridgehead atoms. The first-order chi connectivity index (χ1) is 42.6. The Balaban J connectivity index is 0.000000143. The quantitative estimate of drug-likeness (QED) is 0.142. The van der Waals surface area contributed by atoms with E-state index < -0.39 is 0 Å². The standard InChI is InChI=1S/C22H27N2.2C21H25N2.C18H19N2/c1-14(2)9-18-7-8-19-13-24(6)22(23-21(19)12-18)20-11-15(3)10-16(4)17(20)5;1-13(2)17-7-8-18-12-23(6)21(22-20(18)11-17)19-10-14(3)9-15(4)16(19)5;1-13(2)17-8-7-9-20-19(17)12-23(6)21(22-20)18-11-14(3)10-15(4)16(18)5;1-12-9-13(2)14(3)16(10-12)18-19-17-8-6-5-7-15(17)11-20(18)4/h7-8,10-14H,9H2,1-6H3;2*7-13H,1-6H3;5-11H,1-4H3/q4*+1. The van der Waals surface area contributed by atoms with Gasteiger partial charge < -0.3 is 0 Å². The summed E-state index contributed by atoms with van der Waals surface area (Å²) < 4.78 is 8.56. The fraction of sp³-hybridized carbons (Fsp3) is 0.317. The molecule has 0 amide bonds. The second-order valence-corrected chi connectivity index (χ2v) is 26.7. The van der Waals surface area contributed by atoms with Crippen molar-refractivity contribution in [2.75, 3.05) is 0 Å². The molecule has 0 saturated carbocycles. The number of aryl methyl sites for hydroxylation is 12. The van der Waals surface area contributed by atoms with Crippen molar-refractivity contribution >= 4 is 43.6 Å². The molecular weight excluding hydrogens is 1100 g/mol. The zero-order chi connectivity index (χ0) is 65.2. The van der Waals surface area contributed by atoms with E-state index in [2.05, 4.69) is 311 Å². The minimum atomic E-state index is 0.495. The lowest BCUT2D eigenvalue weighted by molar-refractivity contribution is -0.661. The van der Waals surface area contributed by atoms with Crippen LogP contribution in [0.4, 0.5) is 0 Å². The van der Waals surface area contributed by atoms with Crippen molar-refractivity contribution in [1.82, 2.24) is 19.9 Å². The van der Waals surface area contributed by atoms with Gasteiger partial charge in [-0.1, -0.05) is 102 Å². The molecule has 0 radical (unpaired) electrons. The lowest BCUT2D eigenvalue weighted by Gasteiger charge is -2.11. The molecule has 460 valence electrons. The first kappa shape index (κ1) is 65.6. The Morgan fingerprint density at radius 1 is 0.333 bits per heavy atom. The van der Waals surface area contributed by atoms with E-state index in [1.165, 1.54) is 127 Å². The monoisotopic (exact) mass is 1190 g/mol. The molecule has 0 aliphatic carbocycles. The van der Waals surface area contributed by atoms with E-state index in [1.54, 1.807) is 0 Å². The van der Waals surface area contributed by atoms with Crippen molar-refractivity contribution in [3.8, 4) is 45.6 Å². The van der Waals surface area contributed by atoms with Gasteiger partial charge >= 0.3 is 23.3 Å². The molecule has 0 aliphatic heterocycles. The van der Waals surface area contributed by atoms with E-state index in [-0.39, 0.29) is 0 Å². The van der Waals surface area contributed by atoms with Crippen LogP contribution in [0, 0.1) is 89.0 Å². The topological polar surface area (TPSA) is 67.1 Å². The second kappa shape index (κ2) is 27.5. The highest BCUT2D eigenvalue weighted by atomic mass is 15.0. The highest BCUT2D eigenvalue weighted by Gasteiger charge is 2.24. The van der Waals surface area contributed by atoms with Gasteiger partial charge in [-0.05, 0) is 277 Å². The van der Waals surface area contributed by atoms with Crippen LogP contribution < -0.4 is 18.3 Å². The first-order valence-electron chi connectivity index (χ1n) is 32.1. The summed E-state index contributed by atoms with van der Waals surface area (Å²) in [6.45, 7) is 39.4. The average Bonchev–Trinajstić information content (AvgIpc) is 1.12. The van der Waals surface area contributed by atoms with Crippen LogP contribution in [-0.2, 0) is 34.6 Å². The molecule has 0 fully saturated rings.